The molecule has 1 N–H and O–H groups in total. The molecule has 156 valence electrons. The quantitative estimate of drug-likeness (QED) is 0.639. The second-order valence-electron chi connectivity index (χ2n) is 6.71. The zero-order valence-electron chi connectivity index (χ0n) is 16.6. The van der Waals surface area contributed by atoms with Gasteiger partial charge in [0.25, 0.3) is 11.1 Å². The van der Waals surface area contributed by atoms with Crippen LogP contribution in [0, 0.1) is 13.8 Å². The van der Waals surface area contributed by atoms with Crippen molar-refractivity contribution in [1.29, 1.82) is 0 Å². The second-order valence-corrected chi connectivity index (χ2v) is 7.70. The number of carbonyl (C=O) groups excluding carboxylic acids is 2. The molecule has 0 radical (unpaired) electrons. The van der Waals surface area contributed by atoms with E-state index in [0.29, 0.717) is 16.2 Å². The smallest absolute Gasteiger partial charge is 0.341 e. The van der Waals surface area contributed by atoms with Gasteiger partial charge in [-0.25, -0.2) is 4.79 Å². The summed E-state index contributed by atoms with van der Waals surface area (Å²) >= 11 is 0.861. The second kappa shape index (κ2) is 9.49. The number of hydrogen-bond acceptors (Lipinski definition) is 6. The molecular formula is C22H21NO6S. The van der Waals surface area contributed by atoms with Crippen molar-refractivity contribution in [2.45, 2.75) is 13.8 Å². The molecule has 2 amide bonds. The lowest BCUT2D eigenvalue weighted by atomic mass is 10.1. The molecule has 0 saturated carbocycles. The summed E-state index contributed by atoms with van der Waals surface area (Å²) in [5.74, 6) is -0.362. The molecule has 1 fully saturated rings. The number of aryl methyl sites for hydroxylation is 2. The first-order valence-electron chi connectivity index (χ1n) is 9.23. The molecule has 1 heterocycles. The van der Waals surface area contributed by atoms with Crippen LogP contribution in [0.15, 0.2) is 47.4 Å². The van der Waals surface area contributed by atoms with Crippen LogP contribution in [0.1, 0.15) is 16.7 Å². The average molecular weight is 427 g/mol. The first kappa shape index (κ1) is 21.4. The number of imide groups is 1. The van der Waals surface area contributed by atoms with Gasteiger partial charge < -0.3 is 14.6 Å². The summed E-state index contributed by atoms with van der Waals surface area (Å²) in [6.45, 7) is 3.80. The van der Waals surface area contributed by atoms with Crippen LogP contribution in [0.25, 0.3) is 6.08 Å². The average Bonchev–Trinajstić information content (AvgIpc) is 2.96. The fourth-order valence-corrected chi connectivity index (χ4v) is 3.66. The van der Waals surface area contributed by atoms with Gasteiger partial charge in [0, 0.05) is 0 Å². The SMILES string of the molecule is Cc1ccc(C)c(OCCN2C(=O)S/C(=C\c3cccc(OCC(=O)O)c3)C2=O)c1. The molecule has 3 rings (SSSR count). The first-order chi connectivity index (χ1) is 14.3. The summed E-state index contributed by atoms with van der Waals surface area (Å²) in [6.07, 6.45) is 1.59. The zero-order chi connectivity index (χ0) is 21.7. The highest BCUT2D eigenvalue weighted by molar-refractivity contribution is 8.18. The summed E-state index contributed by atoms with van der Waals surface area (Å²) < 4.78 is 10.9. The van der Waals surface area contributed by atoms with Crippen molar-refractivity contribution in [3.63, 3.8) is 0 Å². The lowest BCUT2D eigenvalue weighted by Crippen LogP contribution is -2.32. The van der Waals surface area contributed by atoms with Crippen LogP contribution >= 0.6 is 11.8 Å². The number of benzene rings is 2. The van der Waals surface area contributed by atoms with E-state index in [-0.39, 0.29) is 24.3 Å². The number of carboxylic acids is 1. The van der Waals surface area contributed by atoms with Crippen LogP contribution in [0.4, 0.5) is 4.79 Å². The predicted molar refractivity (Wildman–Crippen MR) is 114 cm³/mol. The highest BCUT2D eigenvalue weighted by Gasteiger charge is 2.34. The topological polar surface area (TPSA) is 93.1 Å². The van der Waals surface area contributed by atoms with E-state index >= 15 is 0 Å². The molecule has 0 bridgehead atoms. The standard InChI is InChI=1S/C22H21NO6S/c1-14-6-7-15(2)18(10-14)28-9-8-23-21(26)19(30-22(23)27)12-16-4-3-5-17(11-16)29-13-20(24)25/h3-7,10-12H,8-9,13H2,1-2H3,(H,24,25)/b19-12-. The van der Waals surface area contributed by atoms with Crippen LogP contribution in [0.5, 0.6) is 11.5 Å². The summed E-state index contributed by atoms with van der Waals surface area (Å²) in [7, 11) is 0. The molecule has 2 aromatic rings. The third-order valence-corrected chi connectivity index (χ3v) is 5.22. The summed E-state index contributed by atoms with van der Waals surface area (Å²) in [5.41, 5.74) is 2.69. The monoisotopic (exact) mass is 427 g/mol. The molecule has 0 spiro atoms. The molecule has 0 unspecified atom stereocenters. The molecule has 0 aromatic heterocycles. The number of thioether (sulfide) groups is 1. The van der Waals surface area contributed by atoms with Gasteiger partial charge in [-0.05, 0) is 66.6 Å². The Hall–Kier alpha value is -3.26. The Labute approximate surface area is 178 Å². The van der Waals surface area contributed by atoms with Gasteiger partial charge in [0.15, 0.2) is 6.61 Å². The highest BCUT2D eigenvalue weighted by Crippen LogP contribution is 2.32. The minimum Gasteiger partial charge on any atom is -0.491 e. The Kier molecular flexibility index (Phi) is 6.79. The van der Waals surface area contributed by atoms with E-state index in [0.717, 1.165) is 33.5 Å². The van der Waals surface area contributed by atoms with Gasteiger partial charge >= 0.3 is 5.97 Å². The zero-order valence-corrected chi connectivity index (χ0v) is 17.4. The van der Waals surface area contributed by atoms with Crippen molar-refractivity contribution in [3.8, 4) is 11.5 Å². The van der Waals surface area contributed by atoms with Crippen molar-refractivity contribution in [2.24, 2.45) is 0 Å². The number of carbonyl (C=O) groups is 3. The van der Waals surface area contributed by atoms with E-state index in [9.17, 15) is 14.4 Å². The Bertz CT molecular complexity index is 1020. The van der Waals surface area contributed by atoms with Crippen molar-refractivity contribution in [1.82, 2.24) is 4.90 Å². The van der Waals surface area contributed by atoms with Crippen molar-refractivity contribution in [2.75, 3.05) is 19.8 Å². The molecule has 2 aromatic carbocycles. The van der Waals surface area contributed by atoms with E-state index < -0.39 is 12.6 Å². The lowest BCUT2D eigenvalue weighted by molar-refractivity contribution is -0.139. The number of carboxylic acid groups (broad SMARTS) is 1. The normalized spacial score (nSPS) is 15.0. The maximum atomic E-state index is 12.6. The van der Waals surface area contributed by atoms with E-state index in [2.05, 4.69) is 0 Å². The molecule has 1 aliphatic heterocycles. The van der Waals surface area contributed by atoms with Gasteiger partial charge in [-0.2, -0.15) is 0 Å². The lowest BCUT2D eigenvalue weighted by Gasteiger charge is -2.14. The Morgan fingerprint density at radius 3 is 2.70 bits per heavy atom. The maximum Gasteiger partial charge on any atom is 0.341 e. The van der Waals surface area contributed by atoms with E-state index in [4.69, 9.17) is 14.6 Å². The highest BCUT2D eigenvalue weighted by atomic mass is 32.2. The van der Waals surface area contributed by atoms with Crippen molar-refractivity contribution >= 4 is 35.0 Å². The van der Waals surface area contributed by atoms with E-state index in [1.165, 1.54) is 0 Å². The molecule has 0 atom stereocenters. The Morgan fingerprint density at radius 2 is 1.93 bits per heavy atom. The number of amides is 2. The van der Waals surface area contributed by atoms with Gasteiger partial charge in [0.05, 0.1) is 11.4 Å². The van der Waals surface area contributed by atoms with Crippen LogP contribution in [-0.4, -0.2) is 46.9 Å². The van der Waals surface area contributed by atoms with Crippen LogP contribution in [-0.2, 0) is 9.59 Å². The maximum absolute atomic E-state index is 12.6. The molecule has 30 heavy (non-hydrogen) atoms. The van der Waals surface area contributed by atoms with Gasteiger partial charge in [-0.15, -0.1) is 0 Å². The van der Waals surface area contributed by atoms with Crippen molar-refractivity contribution in [3.05, 3.63) is 64.1 Å². The number of ether oxygens (including phenoxy) is 2. The third kappa shape index (κ3) is 5.42. The van der Waals surface area contributed by atoms with Gasteiger partial charge in [-0.3, -0.25) is 14.5 Å². The number of nitrogens with zero attached hydrogens (tertiary/aromatic N) is 1. The first-order valence-corrected chi connectivity index (χ1v) is 10.1. The van der Waals surface area contributed by atoms with Crippen molar-refractivity contribution < 1.29 is 29.0 Å². The molecule has 0 aliphatic carbocycles. The van der Waals surface area contributed by atoms with Crippen LogP contribution in [0.2, 0.25) is 0 Å². The van der Waals surface area contributed by atoms with E-state index in [1.54, 1.807) is 30.3 Å². The fraction of sp³-hybridized carbons (Fsp3) is 0.227. The number of rotatable bonds is 8. The largest absolute Gasteiger partial charge is 0.491 e. The van der Waals surface area contributed by atoms with Gasteiger partial charge in [0.1, 0.15) is 18.1 Å². The molecule has 1 aliphatic rings. The van der Waals surface area contributed by atoms with Crippen LogP contribution in [0.3, 0.4) is 0 Å². The minimum absolute atomic E-state index is 0.150. The molecular weight excluding hydrogens is 406 g/mol. The predicted octanol–water partition coefficient (Wildman–Crippen LogP) is 3.88. The molecule has 8 heteroatoms. The number of hydrogen-bond donors (Lipinski definition) is 1. The van der Waals surface area contributed by atoms with Gasteiger partial charge in [-0.1, -0.05) is 24.3 Å². The molecule has 7 nitrogen and oxygen atoms in total. The van der Waals surface area contributed by atoms with Crippen LogP contribution < -0.4 is 9.47 Å². The fourth-order valence-electron chi connectivity index (χ4n) is 2.79. The summed E-state index contributed by atoms with van der Waals surface area (Å²) in [4.78, 5) is 37.0. The summed E-state index contributed by atoms with van der Waals surface area (Å²) in [5, 5.41) is 8.35. The Morgan fingerprint density at radius 1 is 1.13 bits per heavy atom. The minimum atomic E-state index is -1.08. The van der Waals surface area contributed by atoms with Gasteiger partial charge in [0.2, 0.25) is 0 Å². The third-order valence-electron chi connectivity index (χ3n) is 4.31. The van der Waals surface area contributed by atoms with E-state index in [1.807, 2.05) is 32.0 Å². The molecule has 1 saturated heterocycles. The summed E-state index contributed by atoms with van der Waals surface area (Å²) in [6, 6.07) is 12.5. The Balaban J connectivity index is 1.63. The number of aliphatic carboxylic acids is 1.